The summed E-state index contributed by atoms with van der Waals surface area (Å²) >= 11 is 0. The van der Waals surface area contributed by atoms with Crippen LogP contribution in [0, 0.1) is 0 Å². The zero-order chi connectivity index (χ0) is 12.1. The molecule has 0 aliphatic carbocycles. The fourth-order valence-electron chi connectivity index (χ4n) is 1.71. The summed E-state index contributed by atoms with van der Waals surface area (Å²) in [6.45, 7) is 2.43. The second-order valence-electron chi connectivity index (χ2n) is 4.20. The van der Waals surface area contributed by atoms with E-state index >= 15 is 0 Å². The molecule has 1 atom stereocenters. The molecule has 3 heteroatoms. The highest BCUT2D eigenvalue weighted by molar-refractivity contribution is 5.79. The van der Waals surface area contributed by atoms with Gasteiger partial charge in [0, 0.05) is 11.6 Å². The number of benzene rings is 1. The molecule has 0 spiro atoms. The first-order chi connectivity index (χ1) is 8.25. The molecule has 3 nitrogen and oxygen atoms in total. The fraction of sp³-hybridized carbons (Fsp3) is 0.357. The van der Waals surface area contributed by atoms with Gasteiger partial charge in [0.1, 0.15) is 5.75 Å². The van der Waals surface area contributed by atoms with Crippen LogP contribution in [0.2, 0.25) is 0 Å². The third kappa shape index (κ3) is 3.43. The maximum absolute atomic E-state index is 9.13. The molecule has 0 amide bonds. The van der Waals surface area contributed by atoms with Crippen LogP contribution in [0.1, 0.15) is 19.8 Å². The number of aliphatic hydroxyl groups is 1. The summed E-state index contributed by atoms with van der Waals surface area (Å²) in [6.07, 6.45) is 3.17. The molecule has 0 aliphatic rings. The number of hydrogen-bond donors (Lipinski definition) is 1. The summed E-state index contributed by atoms with van der Waals surface area (Å²) in [6, 6.07) is 9.81. The van der Waals surface area contributed by atoms with Gasteiger partial charge in [0.25, 0.3) is 0 Å². The van der Waals surface area contributed by atoms with Crippen LogP contribution >= 0.6 is 0 Å². The highest BCUT2D eigenvalue weighted by atomic mass is 16.5. The van der Waals surface area contributed by atoms with Crippen LogP contribution in [0.25, 0.3) is 10.9 Å². The Bertz CT molecular complexity index is 482. The lowest BCUT2D eigenvalue weighted by Crippen LogP contribution is -2.04. The molecule has 17 heavy (non-hydrogen) atoms. The number of nitrogens with zero attached hydrogens (tertiary/aromatic N) is 1. The third-order valence-electron chi connectivity index (χ3n) is 2.61. The van der Waals surface area contributed by atoms with Crippen molar-refractivity contribution in [3.63, 3.8) is 0 Å². The average Bonchev–Trinajstić information content (AvgIpc) is 2.34. The monoisotopic (exact) mass is 231 g/mol. The molecule has 0 saturated carbocycles. The van der Waals surface area contributed by atoms with E-state index in [1.807, 2.05) is 30.3 Å². The maximum Gasteiger partial charge on any atom is 0.120 e. The van der Waals surface area contributed by atoms with Crippen LogP contribution in [0.5, 0.6) is 5.75 Å². The van der Waals surface area contributed by atoms with Gasteiger partial charge in [-0.25, -0.2) is 0 Å². The van der Waals surface area contributed by atoms with Crippen molar-refractivity contribution < 1.29 is 9.84 Å². The van der Waals surface area contributed by atoms with Crippen LogP contribution in [-0.4, -0.2) is 22.8 Å². The van der Waals surface area contributed by atoms with Gasteiger partial charge in [-0.05, 0) is 44.0 Å². The van der Waals surface area contributed by atoms with E-state index in [9.17, 15) is 0 Å². The first kappa shape index (κ1) is 11.9. The molecule has 0 aliphatic heterocycles. The number of ether oxygens (including phenoxy) is 1. The van der Waals surface area contributed by atoms with Gasteiger partial charge in [-0.15, -0.1) is 0 Å². The quantitative estimate of drug-likeness (QED) is 0.804. The van der Waals surface area contributed by atoms with Crippen LogP contribution in [-0.2, 0) is 0 Å². The lowest BCUT2D eigenvalue weighted by molar-refractivity contribution is 0.170. The first-order valence-electron chi connectivity index (χ1n) is 5.91. The summed E-state index contributed by atoms with van der Waals surface area (Å²) < 4.78 is 5.63. The Morgan fingerprint density at radius 1 is 1.35 bits per heavy atom. The molecule has 90 valence electrons. The summed E-state index contributed by atoms with van der Waals surface area (Å²) in [4.78, 5) is 4.25. The lowest BCUT2D eigenvalue weighted by Gasteiger charge is -2.08. The second kappa shape index (κ2) is 5.64. The smallest absolute Gasteiger partial charge is 0.120 e. The van der Waals surface area contributed by atoms with E-state index in [4.69, 9.17) is 9.84 Å². The predicted molar refractivity (Wildman–Crippen MR) is 68.2 cm³/mol. The van der Waals surface area contributed by atoms with Gasteiger partial charge in [-0.1, -0.05) is 6.07 Å². The number of rotatable bonds is 5. The second-order valence-corrected chi connectivity index (χ2v) is 4.20. The van der Waals surface area contributed by atoms with Crippen molar-refractivity contribution in [2.45, 2.75) is 25.9 Å². The van der Waals surface area contributed by atoms with Crippen LogP contribution < -0.4 is 4.74 Å². The van der Waals surface area contributed by atoms with Crippen molar-refractivity contribution in [1.82, 2.24) is 4.98 Å². The molecular weight excluding hydrogens is 214 g/mol. The van der Waals surface area contributed by atoms with Crippen molar-refractivity contribution in [3.05, 3.63) is 36.5 Å². The number of aromatic nitrogens is 1. The Morgan fingerprint density at radius 2 is 2.24 bits per heavy atom. The van der Waals surface area contributed by atoms with E-state index in [1.165, 1.54) is 0 Å². The largest absolute Gasteiger partial charge is 0.494 e. The number of aliphatic hydroxyl groups excluding tert-OH is 1. The zero-order valence-corrected chi connectivity index (χ0v) is 9.97. The Kier molecular flexibility index (Phi) is 3.94. The number of pyridine rings is 1. The van der Waals surface area contributed by atoms with Gasteiger partial charge in [-0.2, -0.15) is 0 Å². The molecule has 1 unspecified atom stereocenters. The third-order valence-corrected chi connectivity index (χ3v) is 2.61. The minimum Gasteiger partial charge on any atom is -0.494 e. The standard InChI is InChI=1S/C14H17NO2/c1-11(16)4-3-9-17-13-6-7-14-12(10-13)5-2-8-15-14/h2,5-8,10-11,16H,3-4,9H2,1H3. The molecule has 1 aromatic carbocycles. The minimum atomic E-state index is -0.251. The van der Waals surface area contributed by atoms with Crippen molar-refractivity contribution >= 4 is 10.9 Å². The van der Waals surface area contributed by atoms with Gasteiger partial charge in [0.05, 0.1) is 18.2 Å². The van der Waals surface area contributed by atoms with E-state index in [1.54, 1.807) is 13.1 Å². The van der Waals surface area contributed by atoms with Crippen molar-refractivity contribution in [3.8, 4) is 5.75 Å². The van der Waals surface area contributed by atoms with Gasteiger partial charge >= 0.3 is 0 Å². The highest BCUT2D eigenvalue weighted by Crippen LogP contribution is 2.19. The zero-order valence-electron chi connectivity index (χ0n) is 9.97. The van der Waals surface area contributed by atoms with Crippen LogP contribution in [0.15, 0.2) is 36.5 Å². The van der Waals surface area contributed by atoms with Crippen molar-refractivity contribution in [2.24, 2.45) is 0 Å². The van der Waals surface area contributed by atoms with Gasteiger partial charge in [0.2, 0.25) is 0 Å². The minimum absolute atomic E-state index is 0.251. The summed E-state index contributed by atoms with van der Waals surface area (Å²) in [7, 11) is 0. The molecule has 1 heterocycles. The van der Waals surface area contributed by atoms with E-state index in [2.05, 4.69) is 4.98 Å². The van der Waals surface area contributed by atoms with Crippen LogP contribution in [0.4, 0.5) is 0 Å². The fourth-order valence-corrected chi connectivity index (χ4v) is 1.71. The molecule has 0 fully saturated rings. The molecular formula is C14H17NO2. The molecule has 2 rings (SSSR count). The topological polar surface area (TPSA) is 42.4 Å². The normalized spacial score (nSPS) is 12.6. The Labute approximate surface area is 101 Å². The molecule has 0 bridgehead atoms. The SMILES string of the molecule is CC(O)CCCOc1ccc2ncccc2c1. The maximum atomic E-state index is 9.13. The summed E-state index contributed by atoms with van der Waals surface area (Å²) in [5.41, 5.74) is 0.976. The summed E-state index contributed by atoms with van der Waals surface area (Å²) in [5.74, 6) is 0.857. The Morgan fingerprint density at radius 3 is 3.06 bits per heavy atom. The van der Waals surface area contributed by atoms with Gasteiger partial charge in [-0.3, -0.25) is 4.98 Å². The highest BCUT2D eigenvalue weighted by Gasteiger charge is 1.99. The van der Waals surface area contributed by atoms with Crippen molar-refractivity contribution in [1.29, 1.82) is 0 Å². The predicted octanol–water partition coefficient (Wildman–Crippen LogP) is 2.77. The lowest BCUT2D eigenvalue weighted by atomic mass is 10.2. The Balaban J connectivity index is 1.95. The molecule has 0 saturated heterocycles. The Hall–Kier alpha value is -1.61. The van der Waals surface area contributed by atoms with E-state index in [0.717, 1.165) is 29.5 Å². The first-order valence-corrected chi connectivity index (χ1v) is 5.91. The van der Waals surface area contributed by atoms with Gasteiger partial charge in [0.15, 0.2) is 0 Å². The molecule has 0 radical (unpaired) electrons. The molecule has 2 aromatic rings. The summed E-state index contributed by atoms with van der Waals surface area (Å²) in [5, 5.41) is 10.2. The molecule has 1 aromatic heterocycles. The number of hydrogen-bond acceptors (Lipinski definition) is 3. The van der Waals surface area contributed by atoms with E-state index in [-0.39, 0.29) is 6.10 Å². The van der Waals surface area contributed by atoms with Crippen molar-refractivity contribution in [2.75, 3.05) is 6.61 Å². The van der Waals surface area contributed by atoms with Crippen LogP contribution in [0.3, 0.4) is 0 Å². The number of fused-ring (bicyclic) bond motifs is 1. The van der Waals surface area contributed by atoms with E-state index in [0.29, 0.717) is 6.61 Å². The molecule has 1 N–H and O–H groups in total. The van der Waals surface area contributed by atoms with Gasteiger partial charge < -0.3 is 9.84 Å². The average molecular weight is 231 g/mol. The van der Waals surface area contributed by atoms with E-state index < -0.39 is 0 Å².